The Morgan fingerprint density at radius 3 is 2.71 bits per heavy atom. The van der Waals surface area contributed by atoms with Gasteiger partial charge in [0.25, 0.3) is 0 Å². The van der Waals surface area contributed by atoms with Gasteiger partial charge >= 0.3 is 0 Å². The maximum atomic E-state index is 12.4. The highest BCUT2D eigenvalue weighted by Gasteiger charge is 2.47. The van der Waals surface area contributed by atoms with Gasteiger partial charge in [-0.3, -0.25) is 9.89 Å². The summed E-state index contributed by atoms with van der Waals surface area (Å²) >= 11 is 0. The average Bonchev–Trinajstić information content (AvgIpc) is 3.20. The number of nitrogens with zero attached hydrogens (tertiary/aromatic N) is 1. The smallest absolute Gasteiger partial charge is 0.228 e. The maximum Gasteiger partial charge on any atom is 0.228 e. The number of rotatable bonds is 4. The van der Waals surface area contributed by atoms with Crippen molar-refractivity contribution < 1.29 is 9.53 Å². The molecule has 1 aliphatic heterocycles. The molecule has 1 saturated heterocycles. The van der Waals surface area contributed by atoms with Crippen molar-refractivity contribution >= 4 is 11.7 Å². The number of H-pyrrole nitrogens is 1. The zero-order valence-electron chi connectivity index (χ0n) is 13.1. The van der Waals surface area contributed by atoms with Crippen LogP contribution in [0.15, 0.2) is 0 Å². The predicted octanol–water partition coefficient (Wildman–Crippen LogP) is 2.84. The second-order valence-corrected chi connectivity index (χ2v) is 6.71. The fourth-order valence-corrected chi connectivity index (χ4v) is 3.49. The van der Waals surface area contributed by atoms with E-state index in [1.165, 1.54) is 0 Å². The number of hydrogen-bond donors (Lipinski definition) is 2. The summed E-state index contributed by atoms with van der Waals surface area (Å²) in [5, 5.41) is 10.3. The van der Waals surface area contributed by atoms with Gasteiger partial charge in [0.15, 0.2) is 5.82 Å². The summed E-state index contributed by atoms with van der Waals surface area (Å²) in [6.45, 7) is 7.96. The molecule has 1 aliphatic carbocycles. The molecule has 0 bridgehead atoms. The lowest BCUT2D eigenvalue weighted by atomic mass is 9.93. The minimum absolute atomic E-state index is 0.136. The normalized spacial score (nSPS) is 26.1. The highest BCUT2D eigenvalue weighted by atomic mass is 16.5. The molecule has 1 aromatic heterocycles. The SMILES string of the molecule is Cc1c(NC(=O)C2CC2C2CCOCC2)n[nH]c1C(C)C. The third kappa shape index (κ3) is 2.98. The summed E-state index contributed by atoms with van der Waals surface area (Å²) in [6.07, 6.45) is 3.23. The van der Waals surface area contributed by atoms with E-state index in [1.54, 1.807) is 0 Å². The number of anilines is 1. The molecule has 3 rings (SSSR count). The Morgan fingerprint density at radius 2 is 2.10 bits per heavy atom. The van der Waals surface area contributed by atoms with Gasteiger partial charge in [0.05, 0.1) is 0 Å². The highest BCUT2D eigenvalue weighted by Crippen LogP contribution is 2.48. The second-order valence-electron chi connectivity index (χ2n) is 6.71. The van der Waals surface area contributed by atoms with Crippen LogP contribution in [0.3, 0.4) is 0 Å². The zero-order chi connectivity index (χ0) is 15.0. The van der Waals surface area contributed by atoms with E-state index in [9.17, 15) is 4.79 Å². The maximum absolute atomic E-state index is 12.4. The fraction of sp³-hybridized carbons (Fsp3) is 0.750. The van der Waals surface area contributed by atoms with Gasteiger partial charge in [-0.15, -0.1) is 0 Å². The lowest BCUT2D eigenvalue weighted by Crippen LogP contribution is -2.21. The van der Waals surface area contributed by atoms with Crippen molar-refractivity contribution in [1.29, 1.82) is 0 Å². The summed E-state index contributed by atoms with van der Waals surface area (Å²) in [5.41, 5.74) is 2.16. The van der Waals surface area contributed by atoms with Crippen LogP contribution in [0.2, 0.25) is 0 Å². The Morgan fingerprint density at radius 1 is 1.38 bits per heavy atom. The number of aromatic amines is 1. The Bertz CT molecular complexity index is 518. The van der Waals surface area contributed by atoms with E-state index in [0.29, 0.717) is 23.6 Å². The Balaban J connectivity index is 1.58. The number of amides is 1. The average molecular weight is 291 g/mol. The van der Waals surface area contributed by atoms with Crippen molar-refractivity contribution in [2.75, 3.05) is 18.5 Å². The molecule has 0 aromatic carbocycles. The van der Waals surface area contributed by atoms with Crippen molar-refractivity contribution in [2.24, 2.45) is 17.8 Å². The summed E-state index contributed by atoms with van der Waals surface area (Å²) in [6, 6.07) is 0. The molecule has 2 N–H and O–H groups in total. The predicted molar refractivity (Wildman–Crippen MR) is 81.2 cm³/mol. The van der Waals surface area contributed by atoms with Crippen molar-refractivity contribution in [2.45, 2.75) is 46.0 Å². The van der Waals surface area contributed by atoms with Gasteiger partial charge in [0, 0.05) is 30.4 Å². The molecule has 21 heavy (non-hydrogen) atoms. The van der Waals surface area contributed by atoms with E-state index < -0.39 is 0 Å². The zero-order valence-corrected chi connectivity index (χ0v) is 13.1. The molecule has 1 aromatic rings. The van der Waals surface area contributed by atoms with Crippen LogP contribution in [0.4, 0.5) is 5.82 Å². The van der Waals surface area contributed by atoms with Gasteiger partial charge < -0.3 is 10.1 Å². The first-order chi connectivity index (χ1) is 10.1. The van der Waals surface area contributed by atoms with Crippen LogP contribution in [0.1, 0.15) is 50.3 Å². The minimum Gasteiger partial charge on any atom is -0.381 e. The van der Waals surface area contributed by atoms with Gasteiger partial charge in [-0.1, -0.05) is 13.8 Å². The van der Waals surface area contributed by atoms with Crippen LogP contribution < -0.4 is 5.32 Å². The van der Waals surface area contributed by atoms with Crippen LogP contribution in [0.25, 0.3) is 0 Å². The number of carbonyl (C=O) groups excluding carboxylic acids is 1. The molecule has 0 radical (unpaired) electrons. The Hall–Kier alpha value is -1.36. The molecule has 116 valence electrons. The van der Waals surface area contributed by atoms with Gasteiger partial charge in [-0.25, -0.2) is 0 Å². The molecule has 2 fully saturated rings. The van der Waals surface area contributed by atoms with Gasteiger partial charge in [-0.05, 0) is 43.9 Å². The van der Waals surface area contributed by atoms with Gasteiger partial charge in [-0.2, -0.15) is 5.10 Å². The van der Waals surface area contributed by atoms with Crippen molar-refractivity contribution in [3.8, 4) is 0 Å². The minimum atomic E-state index is 0.136. The van der Waals surface area contributed by atoms with E-state index in [0.717, 1.165) is 43.7 Å². The van der Waals surface area contributed by atoms with E-state index in [4.69, 9.17) is 4.74 Å². The number of carbonyl (C=O) groups is 1. The molecule has 1 amide bonds. The quantitative estimate of drug-likeness (QED) is 0.896. The molecule has 2 aliphatic rings. The van der Waals surface area contributed by atoms with E-state index in [1.807, 2.05) is 6.92 Å². The largest absolute Gasteiger partial charge is 0.381 e. The first-order valence-electron chi connectivity index (χ1n) is 8.01. The molecule has 0 spiro atoms. The van der Waals surface area contributed by atoms with Crippen molar-refractivity contribution in [3.05, 3.63) is 11.3 Å². The van der Waals surface area contributed by atoms with Crippen molar-refractivity contribution in [3.63, 3.8) is 0 Å². The third-order valence-corrected chi connectivity index (χ3v) is 4.91. The third-order valence-electron chi connectivity index (χ3n) is 4.91. The molecule has 1 saturated carbocycles. The van der Waals surface area contributed by atoms with Crippen LogP contribution in [0.5, 0.6) is 0 Å². The number of nitrogens with one attached hydrogen (secondary N) is 2. The van der Waals surface area contributed by atoms with E-state index >= 15 is 0 Å². The van der Waals surface area contributed by atoms with Crippen LogP contribution in [-0.2, 0) is 9.53 Å². The number of ether oxygens (including phenoxy) is 1. The topological polar surface area (TPSA) is 67.0 Å². The standard InChI is InChI=1S/C16H25N3O2/c1-9(2)14-10(3)15(19-18-14)17-16(20)13-8-12(13)11-4-6-21-7-5-11/h9,11-13H,4-8H2,1-3H3,(H2,17,18,19,20). The second kappa shape index (κ2) is 5.79. The van der Waals surface area contributed by atoms with E-state index in [2.05, 4.69) is 29.4 Å². The molecular weight excluding hydrogens is 266 g/mol. The van der Waals surface area contributed by atoms with Crippen LogP contribution in [0, 0.1) is 24.7 Å². The highest BCUT2D eigenvalue weighted by molar-refractivity contribution is 5.94. The summed E-state index contributed by atoms with van der Waals surface area (Å²) in [4.78, 5) is 12.4. The summed E-state index contributed by atoms with van der Waals surface area (Å²) < 4.78 is 5.40. The molecule has 2 heterocycles. The monoisotopic (exact) mass is 291 g/mol. The van der Waals surface area contributed by atoms with Crippen LogP contribution in [-0.4, -0.2) is 29.3 Å². The number of aromatic nitrogens is 2. The summed E-state index contributed by atoms with van der Waals surface area (Å²) in [7, 11) is 0. The first-order valence-corrected chi connectivity index (χ1v) is 8.01. The lowest BCUT2D eigenvalue weighted by molar-refractivity contribution is -0.117. The van der Waals surface area contributed by atoms with Gasteiger partial charge in [0.2, 0.25) is 5.91 Å². The van der Waals surface area contributed by atoms with E-state index in [-0.39, 0.29) is 11.8 Å². The molecular formula is C16H25N3O2. The Kier molecular flexibility index (Phi) is 4.02. The fourth-order valence-electron chi connectivity index (χ4n) is 3.49. The number of hydrogen-bond acceptors (Lipinski definition) is 3. The molecule has 2 unspecified atom stereocenters. The van der Waals surface area contributed by atoms with Gasteiger partial charge in [0.1, 0.15) is 0 Å². The molecule has 2 atom stereocenters. The lowest BCUT2D eigenvalue weighted by Gasteiger charge is -2.21. The Labute approximate surface area is 125 Å². The van der Waals surface area contributed by atoms with Crippen molar-refractivity contribution in [1.82, 2.24) is 10.2 Å². The summed E-state index contributed by atoms with van der Waals surface area (Å²) in [5.74, 6) is 2.61. The first kappa shape index (κ1) is 14.6. The molecule has 5 nitrogen and oxygen atoms in total. The molecule has 5 heteroatoms. The van der Waals surface area contributed by atoms with Crippen LogP contribution >= 0.6 is 0 Å².